The predicted molar refractivity (Wildman–Crippen MR) is 114 cm³/mol. The highest BCUT2D eigenvalue weighted by atomic mass is 35.5. The summed E-state index contributed by atoms with van der Waals surface area (Å²) in [4.78, 5) is 11.1. The molecule has 0 spiro atoms. The number of aromatic nitrogens is 4. The van der Waals surface area contributed by atoms with Gasteiger partial charge in [-0.3, -0.25) is 0 Å². The molecule has 2 aromatic heterocycles. The van der Waals surface area contributed by atoms with Crippen molar-refractivity contribution in [3.63, 3.8) is 0 Å². The average molecular weight is 443 g/mol. The molecule has 10 heteroatoms. The molecule has 3 heterocycles. The number of benzene rings is 2. The molecule has 4 aromatic rings. The molecule has 7 nitrogen and oxygen atoms in total. The second-order valence-electron chi connectivity index (χ2n) is 7.07. The fourth-order valence-electron chi connectivity index (χ4n) is 3.56. The van der Waals surface area contributed by atoms with Crippen molar-refractivity contribution in [2.45, 2.75) is 0 Å². The summed E-state index contributed by atoms with van der Waals surface area (Å²) in [6.07, 6.45) is 0. The van der Waals surface area contributed by atoms with Gasteiger partial charge in [-0.2, -0.15) is 4.98 Å². The van der Waals surface area contributed by atoms with Crippen LogP contribution in [-0.2, 0) is 4.74 Å². The Balaban J connectivity index is 1.76. The van der Waals surface area contributed by atoms with Gasteiger partial charge in [0.2, 0.25) is 5.95 Å². The van der Waals surface area contributed by atoms with Gasteiger partial charge in [0, 0.05) is 29.7 Å². The van der Waals surface area contributed by atoms with Crippen LogP contribution in [0.25, 0.3) is 28.0 Å². The van der Waals surface area contributed by atoms with E-state index in [2.05, 4.69) is 15.1 Å². The highest BCUT2D eigenvalue weighted by molar-refractivity contribution is 6.30. The molecule has 31 heavy (non-hydrogen) atoms. The van der Waals surface area contributed by atoms with Gasteiger partial charge in [-0.1, -0.05) is 11.6 Å². The van der Waals surface area contributed by atoms with Gasteiger partial charge in [0.1, 0.15) is 17.5 Å². The minimum absolute atomic E-state index is 0.116. The number of nitrogens with zero attached hydrogens (tertiary/aromatic N) is 5. The van der Waals surface area contributed by atoms with Crippen molar-refractivity contribution in [2.75, 3.05) is 36.9 Å². The van der Waals surface area contributed by atoms with E-state index in [1.807, 2.05) is 4.90 Å². The lowest BCUT2D eigenvalue weighted by Crippen LogP contribution is -2.37. The predicted octanol–water partition coefficient (Wildman–Crippen LogP) is 3.83. The summed E-state index contributed by atoms with van der Waals surface area (Å²) in [5.41, 5.74) is 7.75. The molecule has 0 atom stereocenters. The molecule has 1 fully saturated rings. The summed E-state index contributed by atoms with van der Waals surface area (Å²) in [5.74, 6) is -0.795. The van der Waals surface area contributed by atoms with Crippen LogP contribution >= 0.6 is 11.6 Å². The van der Waals surface area contributed by atoms with E-state index in [1.165, 1.54) is 16.8 Å². The zero-order valence-electron chi connectivity index (χ0n) is 16.2. The zero-order valence-corrected chi connectivity index (χ0v) is 17.0. The van der Waals surface area contributed by atoms with E-state index in [0.717, 1.165) is 6.07 Å². The summed E-state index contributed by atoms with van der Waals surface area (Å²) in [5, 5.41) is 5.50. The maximum atomic E-state index is 14.7. The first-order valence-corrected chi connectivity index (χ1v) is 9.99. The van der Waals surface area contributed by atoms with Crippen LogP contribution in [0, 0.1) is 11.6 Å². The smallest absolute Gasteiger partial charge is 0.228 e. The minimum atomic E-state index is -0.744. The van der Waals surface area contributed by atoms with Crippen molar-refractivity contribution >= 4 is 34.4 Å². The number of halogens is 3. The summed E-state index contributed by atoms with van der Waals surface area (Å²) < 4.78 is 35.2. The minimum Gasteiger partial charge on any atom is -0.383 e. The molecule has 0 radical (unpaired) electrons. The van der Waals surface area contributed by atoms with E-state index in [0.29, 0.717) is 54.0 Å². The van der Waals surface area contributed by atoms with Gasteiger partial charge in [0.05, 0.1) is 30.0 Å². The molecule has 2 aromatic carbocycles. The maximum Gasteiger partial charge on any atom is 0.228 e. The van der Waals surface area contributed by atoms with Crippen LogP contribution in [0.5, 0.6) is 0 Å². The van der Waals surface area contributed by atoms with Crippen LogP contribution in [0.1, 0.15) is 0 Å². The summed E-state index contributed by atoms with van der Waals surface area (Å²) in [6, 6.07) is 10.3. The lowest BCUT2D eigenvalue weighted by Gasteiger charge is -2.27. The average Bonchev–Trinajstić information content (AvgIpc) is 3.11. The number of morpholine rings is 1. The third-order valence-electron chi connectivity index (χ3n) is 5.11. The van der Waals surface area contributed by atoms with E-state index in [9.17, 15) is 8.78 Å². The normalized spacial score (nSPS) is 14.4. The van der Waals surface area contributed by atoms with E-state index >= 15 is 0 Å². The molecular weight excluding hydrogens is 426 g/mol. The summed E-state index contributed by atoms with van der Waals surface area (Å²) in [7, 11) is 0. The van der Waals surface area contributed by atoms with E-state index < -0.39 is 11.6 Å². The first kappa shape index (κ1) is 19.7. The topological polar surface area (TPSA) is 82.1 Å². The number of ether oxygens (including phenoxy) is 1. The van der Waals surface area contributed by atoms with Gasteiger partial charge < -0.3 is 15.4 Å². The molecule has 1 aliphatic heterocycles. The van der Waals surface area contributed by atoms with E-state index in [4.69, 9.17) is 22.1 Å². The molecule has 2 N–H and O–H groups in total. The Morgan fingerprint density at radius 2 is 1.74 bits per heavy atom. The quantitative estimate of drug-likeness (QED) is 0.519. The van der Waals surface area contributed by atoms with Crippen molar-refractivity contribution in [1.29, 1.82) is 0 Å². The highest BCUT2D eigenvalue weighted by Crippen LogP contribution is 2.35. The van der Waals surface area contributed by atoms with Crippen LogP contribution in [-0.4, -0.2) is 46.1 Å². The van der Waals surface area contributed by atoms with Crippen molar-refractivity contribution in [1.82, 2.24) is 19.7 Å². The molecule has 0 saturated carbocycles. The Bertz CT molecular complexity index is 1270. The lowest BCUT2D eigenvalue weighted by atomic mass is 10.1. The van der Waals surface area contributed by atoms with E-state index in [1.54, 1.807) is 24.3 Å². The van der Waals surface area contributed by atoms with Crippen LogP contribution in [0.2, 0.25) is 5.02 Å². The highest BCUT2D eigenvalue weighted by Gasteiger charge is 2.24. The second kappa shape index (κ2) is 7.75. The maximum absolute atomic E-state index is 14.7. The standard InChI is InChI=1S/C21H17ClF2N6O/c22-12-1-4-14(5-2-12)30-19(25)17-18(15-6-3-13(23)11-16(15)24)26-21(27-20(17)28-30)29-7-9-31-10-8-29/h1-6,11H,7-10,25H2. The number of rotatable bonds is 3. The first-order valence-electron chi connectivity index (χ1n) is 9.61. The molecule has 0 aliphatic carbocycles. The SMILES string of the molecule is Nc1c2c(-c3ccc(F)cc3F)nc(N3CCOCC3)nc2nn1-c1ccc(Cl)cc1. The molecule has 0 amide bonds. The Kier molecular flexibility index (Phi) is 4.91. The van der Waals surface area contributed by atoms with Crippen molar-refractivity contribution in [3.05, 3.63) is 59.1 Å². The van der Waals surface area contributed by atoms with E-state index in [-0.39, 0.29) is 17.1 Å². The van der Waals surface area contributed by atoms with Crippen LogP contribution in [0.15, 0.2) is 42.5 Å². The van der Waals surface area contributed by atoms with Crippen molar-refractivity contribution in [3.8, 4) is 16.9 Å². The molecule has 5 rings (SSSR count). The van der Waals surface area contributed by atoms with Crippen molar-refractivity contribution < 1.29 is 13.5 Å². The van der Waals surface area contributed by atoms with Gasteiger partial charge >= 0.3 is 0 Å². The Labute approximate surface area is 181 Å². The summed E-state index contributed by atoms with van der Waals surface area (Å²) in [6.45, 7) is 2.24. The monoisotopic (exact) mass is 442 g/mol. The van der Waals surface area contributed by atoms with Gasteiger partial charge in [-0.15, -0.1) is 5.10 Å². The summed E-state index contributed by atoms with van der Waals surface area (Å²) >= 11 is 5.99. The fourth-order valence-corrected chi connectivity index (χ4v) is 3.69. The largest absolute Gasteiger partial charge is 0.383 e. The molecule has 1 aliphatic rings. The number of fused-ring (bicyclic) bond motifs is 1. The lowest BCUT2D eigenvalue weighted by molar-refractivity contribution is 0.122. The first-order chi connectivity index (χ1) is 15.0. The molecule has 158 valence electrons. The third-order valence-corrected chi connectivity index (χ3v) is 5.36. The molecule has 0 unspecified atom stereocenters. The van der Waals surface area contributed by atoms with Crippen LogP contribution < -0.4 is 10.6 Å². The van der Waals surface area contributed by atoms with Crippen molar-refractivity contribution in [2.24, 2.45) is 0 Å². The van der Waals surface area contributed by atoms with Gasteiger partial charge in [0.15, 0.2) is 5.65 Å². The second-order valence-corrected chi connectivity index (χ2v) is 7.50. The fraction of sp³-hybridized carbons (Fsp3) is 0.190. The Morgan fingerprint density at radius 1 is 1.00 bits per heavy atom. The number of hydrogen-bond donors (Lipinski definition) is 1. The molecular formula is C21H17ClF2N6O. The van der Waals surface area contributed by atoms with Crippen LogP contribution in [0.4, 0.5) is 20.5 Å². The number of nitrogens with two attached hydrogens (primary N) is 1. The number of nitrogen functional groups attached to an aromatic ring is 1. The number of hydrogen-bond acceptors (Lipinski definition) is 6. The Morgan fingerprint density at radius 3 is 2.45 bits per heavy atom. The number of anilines is 2. The Hall–Kier alpha value is -3.30. The molecule has 1 saturated heterocycles. The van der Waals surface area contributed by atoms with Gasteiger partial charge in [-0.25, -0.2) is 18.4 Å². The third kappa shape index (κ3) is 3.55. The van der Waals surface area contributed by atoms with Crippen LogP contribution in [0.3, 0.4) is 0 Å². The van der Waals surface area contributed by atoms with Gasteiger partial charge in [0.25, 0.3) is 0 Å². The molecule has 0 bridgehead atoms. The van der Waals surface area contributed by atoms with Gasteiger partial charge in [-0.05, 0) is 36.4 Å². The zero-order chi connectivity index (χ0) is 21.5.